The largest absolute Gasteiger partial charge is 0.480 e. The third kappa shape index (κ3) is 14.4. The van der Waals surface area contributed by atoms with Crippen LogP contribution in [0.15, 0.2) is 48.5 Å². The third-order valence-electron chi connectivity index (χ3n) is 7.47. The van der Waals surface area contributed by atoms with Gasteiger partial charge in [0.1, 0.15) is 25.4 Å². The topological polar surface area (TPSA) is 211 Å². The molecule has 0 bridgehead atoms. The van der Waals surface area contributed by atoms with Crippen LogP contribution in [0.25, 0.3) is 11.1 Å². The Morgan fingerprint density at radius 2 is 1.27 bits per heavy atom. The molecule has 0 heterocycles. The van der Waals surface area contributed by atoms with Crippen molar-refractivity contribution in [1.82, 2.24) is 10.6 Å². The van der Waals surface area contributed by atoms with Crippen molar-refractivity contribution in [3.05, 3.63) is 59.7 Å². The molecule has 280 valence electrons. The van der Waals surface area contributed by atoms with Gasteiger partial charge in [-0.05, 0) is 49.4 Å². The number of hydrogen-bond acceptors (Lipinski definition) is 12. The molecular formula is C36H49N3O12. The average Bonchev–Trinajstić information content (AvgIpc) is 3.40. The summed E-state index contributed by atoms with van der Waals surface area (Å²) in [5.41, 5.74) is 9.43. The van der Waals surface area contributed by atoms with E-state index in [1.807, 2.05) is 48.5 Å². The van der Waals surface area contributed by atoms with Crippen molar-refractivity contribution in [3.63, 3.8) is 0 Å². The number of nitrogens with one attached hydrogen (secondary N) is 2. The Balaban J connectivity index is 1.35. The van der Waals surface area contributed by atoms with E-state index in [0.717, 1.165) is 22.3 Å². The molecule has 2 aromatic carbocycles. The Morgan fingerprint density at radius 1 is 0.745 bits per heavy atom. The molecule has 2 amide bonds. The van der Waals surface area contributed by atoms with E-state index < -0.39 is 48.0 Å². The number of carboxylic acid groups (broad SMARTS) is 1. The molecule has 0 aromatic heterocycles. The predicted octanol–water partition coefficient (Wildman–Crippen LogP) is 1.40. The summed E-state index contributed by atoms with van der Waals surface area (Å²) in [7, 11) is 0. The van der Waals surface area contributed by atoms with E-state index in [-0.39, 0.29) is 84.2 Å². The Hall–Kier alpha value is -4.41. The molecule has 2 aromatic rings. The van der Waals surface area contributed by atoms with Gasteiger partial charge in [-0.15, -0.1) is 0 Å². The van der Waals surface area contributed by atoms with E-state index in [0.29, 0.717) is 0 Å². The Morgan fingerprint density at radius 3 is 1.84 bits per heavy atom. The lowest BCUT2D eigenvalue weighted by atomic mass is 9.97. The Bertz CT molecular complexity index is 1420. The summed E-state index contributed by atoms with van der Waals surface area (Å²) in [4.78, 5) is 61.4. The number of amides is 2. The van der Waals surface area contributed by atoms with Gasteiger partial charge < -0.3 is 49.9 Å². The normalized spacial score (nSPS) is 13.4. The SMILES string of the molecule is CC(C)(C)OC(=O)[C@@H](CC(N)C(=O)NCCOCCOCC(=O)NCCOCCOCC(=O)O)C(=O)OCC1c2ccccc2-c2ccccc21. The summed E-state index contributed by atoms with van der Waals surface area (Å²) in [5, 5.41) is 13.7. The van der Waals surface area contributed by atoms with Crippen LogP contribution in [0.5, 0.6) is 0 Å². The van der Waals surface area contributed by atoms with E-state index in [1.165, 1.54) is 0 Å². The van der Waals surface area contributed by atoms with Crippen LogP contribution in [-0.4, -0.2) is 119 Å². The minimum atomic E-state index is -1.42. The number of carboxylic acids is 1. The number of hydrogen-bond donors (Lipinski definition) is 4. The van der Waals surface area contributed by atoms with Gasteiger partial charge in [-0.2, -0.15) is 0 Å². The molecule has 5 N–H and O–H groups in total. The molecule has 0 radical (unpaired) electrons. The summed E-state index contributed by atoms with van der Waals surface area (Å²) in [6, 6.07) is 14.6. The number of aliphatic carboxylic acids is 1. The molecule has 3 rings (SSSR count). The number of rotatable bonds is 23. The molecule has 1 aliphatic rings. The van der Waals surface area contributed by atoms with Crippen molar-refractivity contribution < 1.29 is 57.5 Å². The van der Waals surface area contributed by atoms with Gasteiger partial charge in [0.05, 0.1) is 45.7 Å². The molecule has 1 unspecified atom stereocenters. The van der Waals surface area contributed by atoms with Gasteiger partial charge in [0, 0.05) is 19.0 Å². The van der Waals surface area contributed by atoms with Gasteiger partial charge >= 0.3 is 17.9 Å². The summed E-state index contributed by atoms with van der Waals surface area (Å²) in [6.07, 6.45) is -0.318. The van der Waals surface area contributed by atoms with E-state index in [9.17, 15) is 24.0 Å². The highest BCUT2D eigenvalue weighted by Gasteiger charge is 2.37. The summed E-state index contributed by atoms with van der Waals surface area (Å²) in [6.45, 7) is 5.83. The lowest BCUT2D eigenvalue weighted by molar-refractivity contribution is -0.170. The van der Waals surface area contributed by atoms with Crippen molar-refractivity contribution in [2.45, 2.75) is 44.8 Å². The highest BCUT2D eigenvalue weighted by Crippen LogP contribution is 2.44. The maximum absolute atomic E-state index is 13.4. The molecule has 0 aliphatic heterocycles. The zero-order valence-corrected chi connectivity index (χ0v) is 29.4. The van der Waals surface area contributed by atoms with Gasteiger partial charge in [-0.25, -0.2) is 4.79 Å². The zero-order chi connectivity index (χ0) is 37.2. The molecule has 51 heavy (non-hydrogen) atoms. The fourth-order valence-corrected chi connectivity index (χ4v) is 5.18. The molecule has 15 heteroatoms. The highest BCUT2D eigenvalue weighted by molar-refractivity contribution is 5.96. The lowest BCUT2D eigenvalue weighted by Gasteiger charge is -2.25. The van der Waals surface area contributed by atoms with Gasteiger partial charge in [-0.3, -0.25) is 19.2 Å². The van der Waals surface area contributed by atoms with Crippen LogP contribution in [0.3, 0.4) is 0 Å². The summed E-state index contributed by atoms with van der Waals surface area (Å²) < 4.78 is 31.9. The fourth-order valence-electron chi connectivity index (χ4n) is 5.18. The first-order valence-corrected chi connectivity index (χ1v) is 16.8. The van der Waals surface area contributed by atoms with Crippen molar-refractivity contribution >= 4 is 29.7 Å². The standard InChI is InChI=1S/C36H49N3O12/c1-36(2,3)51-35(45)28(34(44)50-21-29-26-10-6-4-8-24(26)25-9-5-7-11-27(25)29)20-30(37)33(43)39-13-15-47-16-18-48-22-31(40)38-12-14-46-17-19-49-23-32(41)42/h4-11,28-30H,12-23,37H2,1-3H3,(H,38,40)(H,39,43)(H,41,42)/t28-,30?/m0/s1. The Kier molecular flexibility index (Phi) is 16.9. The first kappa shape index (κ1) is 41.0. The predicted molar refractivity (Wildman–Crippen MR) is 184 cm³/mol. The van der Waals surface area contributed by atoms with E-state index in [4.69, 9.17) is 39.3 Å². The number of benzene rings is 2. The number of nitrogens with two attached hydrogens (primary N) is 1. The van der Waals surface area contributed by atoms with Crippen LogP contribution in [0.2, 0.25) is 0 Å². The van der Waals surface area contributed by atoms with Crippen LogP contribution in [0, 0.1) is 5.92 Å². The molecule has 0 fully saturated rings. The average molecular weight is 716 g/mol. The van der Waals surface area contributed by atoms with Gasteiger partial charge in [0.2, 0.25) is 11.8 Å². The first-order valence-electron chi connectivity index (χ1n) is 16.8. The maximum Gasteiger partial charge on any atom is 0.329 e. The Labute approximate surface area is 297 Å². The molecule has 15 nitrogen and oxygen atoms in total. The highest BCUT2D eigenvalue weighted by atomic mass is 16.6. The number of carbonyl (C=O) groups excluding carboxylic acids is 4. The summed E-state index contributed by atoms with van der Waals surface area (Å²) in [5.74, 6) is -5.25. The smallest absolute Gasteiger partial charge is 0.329 e. The van der Waals surface area contributed by atoms with Crippen molar-refractivity contribution in [2.24, 2.45) is 11.7 Å². The molecule has 2 atom stereocenters. The second kappa shape index (κ2) is 21.1. The molecule has 0 saturated carbocycles. The third-order valence-corrected chi connectivity index (χ3v) is 7.47. The second-order valence-electron chi connectivity index (χ2n) is 12.7. The van der Waals surface area contributed by atoms with Gasteiger partial charge in [0.15, 0.2) is 5.92 Å². The summed E-state index contributed by atoms with van der Waals surface area (Å²) >= 11 is 0. The number of ether oxygens (including phenoxy) is 6. The number of fused-ring (bicyclic) bond motifs is 3. The quantitative estimate of drug-likeness (QED) is 0.0729. The molecule has 0 spiro atoms. The number of esters is 2. The van der Waals surface area contributed by atoms with E-state index >= 15 is 0 Å². The van der Waals surface area contributed by atoms with E-state index in [1.54, 1.807) is 20.8 Å². The first-order chi connectivity index (χ1) is 24.4. The van der Waals surface area contributed by atoms with E-state index in [2.05, 4.69) is 10.6 Å². The monoisotopic (exact) mass is 715 g/mol. The minimum absolute atomic E-state index is 0.00326. The molecule has 0 saturated heterocycles. The lowest BCUT2D eigenvalue weighted by Crippen LogP contribution is -2.46. The fraction of sp³-hybridized carbons (Fsp3) is 0.528. The van der Waals surface area contributed by atoms with Crippen LogP contribution in [-0.2, 0) is 52.4 Å². The second-order valence-corrected chi connectivity index (χ2v) is 12.7. The van der Waals surface area contributed by atoms with Crippen molar-refractivity contribution in [3.8, 4) is 11.1 Å². The van der Waals surface area contributed by atoms with Crippen LogP contribution < -0.4 is 16.4 Å². The molecule has 1 aliphatic carbocycles. The number of carbonyl (C=O) groups is 5. The maximum atomic E-state index is 13.4. The zero-order valence-electron chi connectivity index (χ0n) is 29.4. The van der Waals surface area contributed by atoms with Crippen molar-refractivity contribution in [1.29, 1.82) is 0 Å². The van der Waals surface area contributed by atoms with Crippen LogP contribution in [0.1, 0.15) is 44.2 Å². The van der Waals surface area contributed by atoms with Gasteiger partial charge in [0.25, 0.3) is 0 Å². The van der Waals surface area contributed by atoms with Crippen LogP contribution in [0.4, 0.5) is 0 Å². The molecular weight excluding hydrogens is 666 g/mol. The minimum Gasteiger partial charge on any atom is -0.480 e. The van der Waals surface area contributed by atoms with Crippen molar-refractivity contribution in [2.75, 3.05) is 72.6 Å². The van der Waals surface area contributed by atoms with Crippen LogP contribution >= 0.6 is 0 Å². The van der Waals surface area contributed by atoms with Gasteiger partial charge in [-0.1, -0.05) is 48.5 Å².